The van der Waals surface area contributed by atoms with Crippen LogP contribution in [-0.4, -0.2) is 16.9 Å². The Morgan fingerprint density at radius 2 is 2.31 bits per heavy atom. The molecular weight excluding hydrogens is 170 g/mol. The average molecular weight is 181 g/mol. The van der Waals surface area contributed by atoms with Crippen LogP contribution in [0.4, 0.5) is 0 Å². The Kier molecular flexibility index (Phi) is 2.84. The summed E-state index contributed by atoms with van der Waals surface area (Å²) in [6.07, 6.45) is 2.43. The summed E-state index contributed by atoms with van der Waals surface area (Å²) in [5.41, 5.74) is 0.530. The van der Waals surface area contributed by atoms with Crippen LogP contribution >= 0.6 is 0 Å². The highest BCUT2D eigenvalue weighted by Crippen LogP contribution is 2.20. The first kappa shape index (κ1) is 9.51. The third-order valence-electron chi connectivity index (χ3n) is 1.65. The predicted octanol–water partition coefficient (Wildman–Crippen LogP) is 1.16. The van der Waals surface area contributed by atoms with Crippen molar-refractivity contribution in [3.8, 4) is 0 Å². The van der Waals surface area contributed by atoms with E-state index in [2.05, 4.69) is 13.2 Å². The molecule has 0 N–H and O–H groups in total. The van der Waals surface area contributed by atoms with Crippen molar-refractivity contribution in [2.75, 3.05) is 0 Å². The second-order valence-corrected chi connectivity index (χ2v) is 2.71. The predicted molar refractivity (Wildman–Crippen MR) is 46.1 cm³/mol. The zero-order valence-electron chi connectivity index (χ0n) is 7.28. The summed E-state index contributed by atoms with van der Waals surface area (Å²) < 4.78 is 0. The highest BCUT2D eigenvalue weighted by atomic mass is 16.7. The number of rotatable bonds is 3. The summed E-state index contributed by atoms with van der Waals surface area (Å²) in [4.78, 5) is 26.8. The molecule has 0 unspecified atom stereocenters. The van der Waals surface area contributed by atoms with Crippen LogP contribution in [0.5, 0.6) is 0 Å². The first-order valence-electron chi connectivity index (χ1n) is 3.97. The van der Waals surface area contributed by atoms with Gasteiger partial charge >= 0.3 is 5.97 Å². The van der Waals surface area contributed by atoms with E-state index >= 15 is 0 Å². The highest BCUT2D eigenvalue weighted by molar-refractivity contribution is 5.82. The van der Waals surface area contributed by atoms with Gasteiger partial charge in [-0.3, -0.25) is 4.79 Å². The van der Waals surface area contributed by atoms with Crippen LogP contribution in [0.3, 0.4) is 0 Å². The molecule has 0 spiro atoms. The summed E-state index contributed by atoms with van der Waals surface area (Å²) >= 11 is 0. The second kappa shape index (κ2) is 3.89. The lowest BCUT2D eigenvalue weighted by molar-refractivity contribution is -0.185. The molecule has 0 bridgehead atoms. The van der Waals surface area contributed by atoms with E-state index in [0.29, 0.717) is 18.5 Å². The molecule has 0 aromatic carbocycles. The maximum Gasteiger partial charge on any atom is 0.336 e. The lowest BCUT2D eigenvalue weighted by atomic mass is 10.3. The maximum atomic E-state index is 11.1. The molecule has 1 aliphatic heterocycles. The van der Waals surface area contributed by atoms with Gasteiger partial charge in [0.05, 0.1) is 12.1 Å². The molecule has 13 heavy (non-hydrogen) atoms. The molecule has 1 amide bonds. The molecule has 0 radical (unpaired) electrons. The van der Waals surface area contributed by atoms with Crippen LogP contribution in [0, 0.1) is 0 Å². The van der Waals surface area contributed by atoms with Crippen molar-refractivity contribution < 1.29 is 14.4 Å². The monoisotopic (exact) mass is 181 g/mol. The molecule has 0 atom stereocenters. The Labute approximate surface area is 76.4 Å². The van der Waals surface area contributed by atoms with Gasteiger partial charge in [0, 0.05) is 6.42 Å². The van der Waals surface area contributed by atoms with Gasteiger partial charge in [-0.2, -0.15) is 0 Å². The fourth-order valence-corrected chi connectivity index (χ4v) is 1.00. The summed E-state index contributed by atoms with van der Waals surface area (Å²) in [7, 11) is 0. The SMILES string of the molecule is C=CCC(=O)ON1C(=C)CCC1=O. The first-order valence-corrected chi connectivity index (χ1v) is 3.97. The maximum absolute atomic E-state index is 11.1. The number of carbonyl (C=O) groups is 2. The molecule has 1 rings (SSSR count). The minimum atomic E-state index is -0.494. The van der Waals surface area contributed by atoms with Crippen molar-refractivity contribution >= 4 is 11.9 Å². The van der Waals surface area contributed by atoms with Gasteiger partial charge in [0.2, 0.25) is 0 Å². The molecule has 1 fully saturated rings. The lowest BCUT2D eigenvalue weighted by Gasteiger charge is -2.14. The summed E-state index contributed by atoms with van der Waals surface area (Å²) in [6, 6.07) is 0. The zero-order chi connectivity index (χ0) is 9.84. The van der Waals surface area contributed by atoms with Crippen LogP contribution in [0.25, 0.3) is 0 Å². The van der Waals surface area contributed by atoms with Gasteiger partial charge in [-0.1, -0.05) is 12.7 Å². The fraction of sp³-hybridized carbons (Fsp3) is 0.333. The number of hydroxylamine groups is 2. The van der Waals surface area contributed by atoms with Gasteiger partial charge in [-0.15, -0.1) is 11.6 Å². The Bertz CT molecular complexity index is 254. The van der Waals surface area contributed by atoms with Crippen molar-refractivity contribution in [3.05, 3.63) is 24.9 Å². The number of hydrogen-bond acceptors (Lipinski definition) is 3. The summed E-state index contributed by atoms with van der Waals surface area (Å²) in [5, 5.41) is 0.964. The molecule has 4 nitrogen and oxygen atoms in total. The van der Waals surface area contributed by atoms with Gasteiger partial charge in [0.25, 0.3) is 5.91 Å². The number of nitrogens with zero attached hydrogens (tertiary/aromatic N) is 1. The van der Waals surface area contributed by atoms with Crippen molar-refractivity contribution in [2.45, 2.75) is 19.3 Å². The summed E-state index contributed by atoms with van der Waals surface area (Å²) in [6.45, 7) is 6.99. The van der Waals surface area contributed by atoms with E-state index in [1.165, 1.54) is 6.08 Å². The van der Waals surface area contributed by atoms with E-state index in [9.17, 15) is 9.59 Å². The van der Waals surface area contributed by atoms with E-state index in [1.54, 1.807) is 0 Å². The Hall–Kier alpha value is -1.58. The average Bonchev–Trinajstić information content (AvgIpc) is 2.36. The Morgan fingerprint density at radius 1 is 1.62 bits per heavy atom. The number of allylic oxidation sites excluding steroid dienone is 1. The van der Waals surface area contributed by atoms with E-state index in [0.717, 1.165) is 5.06 Å². The molecule has 70 valence electrons. The standard InChI is InChI=1S/C9H11NO3/c1-3-4-9(12)13-10-7(2)5-6-8(10)11/h3H,1-2,4-6H2. The van der Waals surface area contributed by atoms with Crippen molar-refractivity contribution in [1.82, 2.24) is 5.06 Å². The molecule has 1 aliphatic rings. The number of hydrogen-bond donors (Lipinski definition) is 0. The first-order chi connectivity index (χ1) is 6.15. The third-order valence-corrected chi connectivity index (χ3v) is 1.65. The fourth-order valence-electron chi connectivity index (χ4n) is 1.00. The minimum Gasteiger partial charge on any atom is -0.333 e. The van der Waals surface area contributed by atoms with Gasteiger partial charge in [-0.05, 0) is 6.42 Å². The third kappa shape index (κ3) is 2.18. The Morgan fingerprint density at radius 3 is 2.77 bits per heavy atom. The molecule has 0 aromatic heterocycles. The van der Waals surface area contributed by atoms with Crippen LogP contribution in [-0.2, 0) is 14.4 Å². The van der Waals surface area contributed by atoms with E-state index < -0.39 is 5.97 Å². The number of carbonyl (C=O) groups excluding carboxylic acids is 2. The molecule has 1 heterocycles. The lowest BCUT2D eigenvalue weighted by Crippen LogP contribution is -2.26. The van der Waals surface area contributed by atoms with Crippen molar-refractivity contribution in [3.63, 3.8) is 0 Å². The van der Waals surface area contributed by atoms with Gasteiger partial charge < -0.3 is 4.84 Å². The second-order valence-electron chi connectivity index (χ2n) is 2.71. The van der Waals surface area contributed by atoms with Gasteiger partial charge in [0.15, 0.2) is 0 Å². The van der Waals surface area contributed by atoms with Gasteiger partial charge in [0.1, 0.15) is 0 Å². The molecule has 4 heteroatoms. The minimum absolute atomic E-state index is 0.0943. The van der Waals surface area contributed by atoms with E-state index in [1.807, 2.05) is 0 Å². The quantitative estimate of drug-likeness (QED) is 0.614. The molecule has 0 saturated carbocycles. The van der Waals surface area contributed by atoms with Crippen molar-refractivity contribution in [1.29, 1.82) is 0 Å². The van der Waals surface area contributed by atoms with E-state index in [4.69, 9.17) is 4.84 Å². The highest BCUT2D eigenvalue weighted by Gasteiger charge is 2.27. The Balaban J connectivity index is 2.52. The van der Waals surface area contributed by atoms with Crippen LogP contribution < -0.4 is 0 Å². The summed E-state index contributed by atoms with van der Waals surface area (Å²) in [5.74, 6) is -0.714. The van der Waals surface area contributed by atoms with Gasteiger partial charge in [-0.25, -0.2) is 4.79 Å². The number of amides is 1. The largest absolute Gasteiger partial charge is 0.336 e. The topological polar surface area (TPSA) is 46.6 Å². The molecule has 1 saturated heterocycles. The van der Waals surface area contributed by atoms with Crippen molar-refractivity contribution in [2.24, 2.45) is 0 Å². The van der Waals surface area contributed by atoms with Crippen LogP contribution in [0.2, 0.25) is 0 Å². The van der Waals surface area contributed by atoms with Crippen LogP contribution in [0.15, 0.2) is 24.9 Å². The normalized spacial score (nSPS) is 16.2. The van der Waals surface area contributed by atoms with Crippen LogP contribution in [0.1, 0.15) is 19.3 Å². The molecule has 0 aliphatic carbocycles. The smallest absolute Gasteiger partial charge is 0.333 e. The zero-order valence-corrected chi connectivity index (χ0v) is 7.28. The molecule has 0 aromatic rings. The molecular formula is C9H11NO3. The van der Waals surface area contributed by atoms with E-state index in [-0.39, 0.29) is 12.3 Å².